The van der Waals surface area contributed by atoms with Crippen molar-refractivity contribution < 1.29 is 28.6 Å². The van der Waals surface area contributed by atoms with Crippen LogP contribution in [0.2, 0.25) is 0 Å². The Morgan fingerprint density at radius 2 is 1.86 bits per heavy atom. The van der Waals surface area contributed by atoms with Crippen molar-refractivity contribution in [3.8, 4) is 11.5 Å². The van der Waals surface area contributed by atoms with E-state index in [-0.39, 0.29) is 23.4 Å². The number of Topliss-reactive ketones (excluding diaryl/α,β-unsaturated/α-hetero) is 1. The minimum Gasteiger partial charge on any atom is -0.507 e. The Hall–Kier alpha value is -4.46. The van der Waals surface area contributed by atoms with Gasteiger partial charge in [0.05, 0.1) is 44.2 Å². The summed E-state index contributed by atoms with van der Waals surface area (Å²) in [5, 5.41) is 12.4. The minimum atomic E-state index is -0.845. The molecule has 1 atom stereocenters. The molecule has 178 valence electrons. The normalized spacial score (nSPS) is 17.3. The average molecular weight is 472 g/mol. The molecule has 35 heavy (non-hydrogen) atoms. The maximum Gasteiger partial charge on any atom is 0.296 e. The first-order valence-corrected chi connectivity index (χ1v) is 11.0. The van der Waals surface area contributed by atoms with Crippen LogP contribution in [0.15, 0.2) is 77.0 Å². The van der Waals surface area contributed by atoms with Gasteiger partial charge in [0.2, 0.25) is 0 Å². The number of aromatic nitrogens is 1. The molecule has 2 aromatic heterocycles. The highest BCUT2D eigenvalue weighted by atomic mass is 16.5. The minimum absolute atomic E-state index is 0.0236. The zero-order chi connectivity index (χ0) is 24.7. The second-order valence-electron chi connectivity index (χ2n) is 8.29. The van der Waals surface area contributed by atoms with Crippen molar-refractivity contribution in [1.82, 2.24) is 9.47 Å². The molecule has 1 amide bonds. The number of aliphatic hydroxyl groups is 1. The van der Waals surface area contributed by atoms with Gasteiger partial charge >= 0.3 is 0 Å². The van der Waals surface area contributed by atoms with Crippen LogP contribution in [-0.4, -0.2) is 40.5 Å². The first-order valence-electron chi connectivity index (χ1n) is 11.0. The Labute approximate surface area is 201 Å². The van der Waals surface area contributed by atoms with Gasteiger partial charge in [-0.3, -0.25) is 9.59 Å². The van der Waals surface area contributed by atoms with Gasteiger partial charge in [-0.1, -0.05) is 18.2 Å². The van der Waals surface area contributed by atoms with E-state index in [1.807, 2.05) is 42.1 Å². The van der Waals surface area contributed by atoms with E-state index >= 15 is 0 Å². The largest absolute Gasteiger partial charge is 0.507 e. The molecular formula is C27H24N2O6. The number of ketones is 1. The Kier molecular flexibility index (Phi) is 5.56. The highest BCUT2D eigenvalue weighted by Gasteiger charge is 2.47. The Bertz CT molecular complexity index is 1460. The van der Waals surface area contributed by atoms with Crippen molar-refractivity contribution in [1.29, 1.82) is 0 Å². The number of aryl methyl sites for hydroxylation is 1. The zero-order valence-electron chi connectivity index (χ0n) is 19.5. The molecule has 0 spiro atoms. The number of rotatable bonds is 6. The van der Waals surface area contributed by atoms with Crippen LogP contribution in [-0.2, 0) is 23.2 Å². The maximum absolute atomic E-state index is 13.4. The number of carbonyl (C=O) groups is 2. The predicted octanol–water partition coefficient (Wildman–Crippen LogP) is 4.41. The van der Waals surface area contributed by atoms with Gasteiger partial charge in [0.1, 0.15) is 23.0 Å². The quantitative estimate of drug-likeness (QED) is 0.254. The van der Waals surface area contributed by atoms with Crippen LogP contribution in [0.4, 0.5) is 0 Å². The number of hydrogen-bond acceptors (Lipinski definition) is 6. The number of benzene rings is 2. The Morgan fingerprint density at radius 3 is 2.57 bits per heavy atom. The Balaban J connectivity index is 1.77. The molecule has 3 heterocycles. The second kappa shape index (κ2) is 8.72. The summed E-state index contributed by atoms with van der Waals surface area (Å²) in [6.07, 6.45) is 3.40. The summed E-state index contributed by atoms with van der Waals surface area (Å²) >= 11 is 0. The first-order chi connectivity index (χ1) is 16.9. The summed E-state index contributed by atoms with van der Waals surface area (Å²) in [5.41, 5.74) is 1.89. The zero-order valence-corrected chi connectivity index (χ0v) is 19.5. The van der Waals surface area contributed by atoms with Crippen LogP contribution in [0.1, 0.15) is 22.9 Å². The number of para-hydroxylation sites is 1. The molecule has 0 radical (unpaired) electrons. The lowest BCUT2D eigenvalue weighted by molar-refractivity contribution is -0.140. The monoisotopic (exact) mass is 472 g/mol. The number of ether oxygens (including phenoxy) is 2. The SMILES string of the molecule is COc1ccc(OC)c(/C(O)=C2\C(=O)C(=O)N(Cc3ccco3)C2c2cn(C)c3ccccc23)c1. The third-order valence-corrected chi connectivity index (χ3v) is 6.33. The third-order valence-electron chi connectivity index (χ3n) is 6.33. The van der Waals surface area contributed by atoms with Gasteiger partial charge in [-0.2, -0.15) is 0 Å². The molecule has 8 heteroatoms. The molecule has 1 saturated heterocycles. The predicted molar refractivity (Wildman–Crippen MR) is 129 cm³/mol. The van der Waals surface area contributed by atoms with E-state index in [2.05, 4.69) is 0 Å². The van der Waals surface area contributed by atoms with E-state index in [1.165, 1.54) is 25.4 Å². The number of likely N-dealkylation sites (tertiary alicyclic amines) is 1. The fourth-order valence-electron chi connectivity index (χ4n) is 4.67. The molecule has 5 rings (SSSR count). The maximum atomic E-state index is 13.4. The highest BCUT2D eigenvalue weighted by molar-refractivity contribution is 6.46. The molecule has 0 aliphatic carbocycles. The summed E-state index contributed by atoms with van der Waals surface area (Å²) in [5.74, 6) is -0.495. The van der Waals surface area contributed by atoms with Crippen LogP contribution in [0.25, 0.3) is 16.7 Å². The fraction of sp³-hybridized carbons (Fsp3) is 0.185. The molecule has 1 N–H and O–H groups in total. The van der Waals surface area contributed by atoms with Crippen molar-refractivity contribution in [3.63, 3.8) is 0 Å². The first kappa shape index (κ1) is 22.3. The van der Waals surface area contributed by atoms with Crippen LogP contribution in [0.3, 0.4) is 0 Å². The summed E-state index contributed by atoms with van der Waals surface area (Å²) in [4.78, 5) is 28.2. The standard InChI is InChI=1S/C27H24N2O6/c1-28-15-20(18-8-4-5-9-21(18)28)24-23(25(30)19-13-16(33-2)10-11-22(19)34-3)26(31)27(32)29(24)14-17-7-6-12-35-17/h4-13,15,24,30H,14H2,1-3H3/b25-23+. The Morgan fingerprint density at radius 1 is 1.06 bits per heavy atom. The van der Waals surface area contributed by atoms with Gasteiger partial charge in [0, 0.05) is 29.7 Å². The highest BCUT2D eigenvalue weighted by Crippen LogP contribution is 2.44. The number of hydrogen-bond donors (Lipinski definition) is 1. The smallest absolute Gasteiger partial charge is 0.296 e. The van der Waals surface area contributed by atoms with Gasteiger partial charge in [-0.25, -0.2) is 0 Å². The number of furan rings is 1. The molecule has 0 bridgehead atoms. The molecule has 2 aromatic carbocycles. The van der Waals surface area contributed by atoms with Crippen molar-refractivity contribution in [2.45, 2.75) is 12.6 Å². The lowest BCUT2D eigenvalue weighted by atomic mass is 9.94. The summed E-state index contributed by atoms with van der Waals surface area (Å²) in [6.45, 7) is 0.0670. The van der Waals surface area contributed by atoms with E-state index in [0.29, 0.717) is 17.3 Å². The second-order valence-corrected chi connectivity index (χ2v) is 8.29. The van der Waals surface area contributed by atoms with Crippen LogP contribution < -0.4 is 9.47 Å². The number of methoxy groups -OCH3 is 2. The lowest BCUT2D eigenvalue weighted by Crippen LogP contribution is -2.29. The third kappa shape index (κ3) is 3.63. The molecule has 1 aliphatic heterocycles. The molecular weight excluding hydrogens is 448 g/mol. The molecule has 1 fully saturated rings. The van der Waals surface area contributed by atoms with Crippen molar-refractivity contribution >= 4 is 28.4 Å². The van der Waals surface area contributed by atoms with Crippen LogP contribution in [0, 0.1) is 0 Å². The molecule has 1 aliphatic rings. The van der Waals surface area contributed by atoms with E-state index in [4.69, 9.17) is 13.9 Å². The van der Waals surface area contributed by atoms with E-state index in [0.717, 1.165) is 16.5 Å². The van der Waals surface area contributed by atoms with Crippen LogP contribution in [0.5, 0.6) is 11.5 Å². The lowest BCUT2D eigenvalue weighted by Gasteiger charge is -2.24. The van der Waals surface area contributed by atoms with Gasteiger partial charge in [-0.05, 0) is 36.4 Å². The number of carbonyl (C=O) groups excluding carboxylic acids is 2. The summed E-state index contributed by atoms with van der Waals surface area (Å²) < 4.78 is 18.2. The van der Waals surface area contributed by atoms with Gasteiger partial charge in [0.25, 0.3) is 11.7 Å². The number of nitrogens with zero attached hydrogens (tertiary/aromatic N) is 2. The molecule has 0 saturated carbocycles. The van der Waals surface area contributed by atoms with Crippen molar-refractivity contribution in [2.24, 2.45) is 7.05 Å². The average Bonchev–Trinajstić information content (AvgIpc) is 3.57. The van der Waals surface area contributed by atoms with Gasteiger partial charge in [-0.15, -0.1) is 0 Å². The topological polar surface area (TPSA) is 94.1 Å². The van der Waals surface area contributed by atoms with E-state index in [1.54, 1.807) is 30.3 Å². The van der Waals surface area contributed by atoms with Crippen molar-refractivity contribution in [3.05, 3.63) is 89.5 Å². The number of aliphatic hydroxyl groups excluding tert-OH is 1. The van der Waals surface area contributed by atoms with Gasteiger partial charge in [0.15, 0.2) is 0 Å². The summed E-state index contributed by atoms with van der Waals surface area (Å²) in [6, 6.07) is 15.2. The molecule has 4 aromatic rings. The van der Waals surface area contributed by atoms with E-state index in [9.17, 15) is 14.7 Å². The molecule has 8 nitrogen and oxygen atoms in total. The molecule has 1 unspecified atom stereocenters. The van der Waals surface area contributed by atoms with Crippen molar-refractivity contribution in [2.75, 3.05) is 14.2 Å². The van der Waals surface area contributed by atoms with E-state index < -0.39 is 17.7 Å². The van der Waals surface area contributed by atoms with Gasteiger partial charge < -0.3 is 28.5 Å². The number of amides is 1. The number of fused-ring (bicyclic) bond motifs is 1. The van der Waals surface area contributed by atoms with Crippen LogP contribution >= 0.6 is 0 Å². The summed E-state index contributed by atoms with van der Waals surface area (Å²) in [7, 11) is 4.87. The fourth-order valence-corrected chi connectivity index (χ4v) is 4.67.